The molecule has 1 heterocycles. The highest BCUT2D eigenvalue weighted by atomic mass is 79.9. The lowest BCUT2D eigenvalue weighted by Gasteiger charge is -2.26. The summed E-state index contributed by atoms with van der Waals surface area (Å²) in [6.07, 6.45) is 0.815. The first-order valence-electron chi connectivity index (χ1n) is 6.60. The Bertz CT molecular complexity index is 558. The van der Waals surface area contributed by atoms with Gasteiger partial charge in [0.25, 0.3) is 0 Å². The summed E-state index contributed by atoms with van der Waals surface area (Å²) in [5.41, 5.74) is 1.07. The molecule has 2 aromatic rings. The number of nitrogens with zero attached hydrogens (tertiary/aromatic N) is 3. The van der Waals surface area contributed by atoms with Gasteiger partial charge in [-0.1, -0.05) is 35.0 Å². The van der Waals surface area contributed by atoms with Crippen LogP contribution in [-0.4, -0.2) is 38.8 Å². The smallest absolute Gasteiger partial charge is 0.150 e. The summed E-state index contributed by atoms with van der Waals surface area (Å²) in [5.74, 6) is 1.63. The average Bonchev–Trinajstić information content (AvgIpc) is 2.87. The predicted molar refractivity (Wildman–Crippen MR) is 81.2 cm³/mol. The number of hydrogen-bond donors (Lipinski definition) is 2. The second kappa shape index (κ2) is 6.97. The van der Waals surface area contributed by atoms with Crippen molar-refractivity contribution in [1.29, 1.82) is 0 Å². The van der Waals surface area contributed by atoms with E-state index in [-0.39, 0.29) is 12.6 Å². The first-order chi connectivity index (χ1) is 9.63. The molecule has 0 fully saturated rings. The Balaban J connectivity index is 2.10. The number of H-pyrrole nitrogens is 1. The van der Waals surface area contributed by atoms with Crippen molar-refractivity contribution in [2.45, 2.75) is 25.9 Å². The van der Waals surface area contributed by atoms with Crippen molar-refractivity contribution in [3.8, 4) is 0 Å². The van der Waals surface area contributed by atoms with Gasteiger partial charge in [-0.3, -0.25) is 10.00 Å². The first-order valence-corrected chi connectivity index (χ1v) is 7.40. The number of halogens is 1. The summed E-state index contributed by atoms with van der Waals surface area (Å²) in [6, 6.07) is 7.92. The molecule has 2 rings (SSSR count). The van der Waals surface area contributed by atoms with E-state index in [0.29, 0.717) is 6.54 Å². The Morgan fingerprint density at radius 3 is 2.85 bits per heavy atom. The van der Waals surface area contributed by atoms with Crippen LogP contribution >= 0.6 is 15.9 Å². The molecule has 1 atom stereocenters. The Morgan fingerprint density at radius 2 is 2.25 bits per heavy atom. The summed E-state index contributed by atoms with van der Waals surface area (Å²) in [5, 5.41) is 16.7. The molecule has 108 valence electrons. The lowest BCUT2D eigenvalue weighted by atomic mass is 10.1. The van der Waals surface area contributed by atoms with Crippen molar-refractivity contribution >= 4 is 15.9 Å². The third-order valence-corrected chi connectivity index (χ3v) is 3.73. The summed E-state index contributed by atoms with van der Waals surface area (Å²) < 4.78 is 1.01. The fraction of sp³-hybridized carbons (Fsp3) is 0.429. The molecule has 0 aliphatic heterocycles. The molecule has 0 spiro atoms. The van der Waals surface area contributed by atoms with E-state index in [0.717, 1.165) is 28.1 Å². The fourth-order valence-electron chi connectivity index (χ4n) is 2.12. The number of aliphatic hydroxyl groups excluding tert-OH is 1. The summed E-state index contributed by atoms with van der Waals surface area (Å²) >= 11 is 3.46. The van der Waals surface area contributed by atoms with Crippen LogP contribution in [0.1, 0.15) is 30.2 Å². The van der Waals surface area contributed by atoms with E-state index in [4.69, 9.17) is 0 Å². The van der Waals surface area contributed by atoms with Gasteiger partial charge >= 0.3 is 0 Å². The molecule has 20 heavy (non-hydrogen) atoms. The van der Waals surface area contributed by atoms with Crippen LogP contribution in [-0.2, 0) is 13.0 Å². The second-order valence-electron chi connectivity index (χ2n) is 4.72. The maximum absolute atomic E-state index is 9.67. The molecule has 0 radical (unpaired) electrons. The SMILES string of the molecule is CCc1n[nH]c(CN(C)C(CO)c2cccc(Br)c2)n1. The van der Waals surface area contributed by atoms with Crippen LogP contribution in [0, 0.1) is 0 Å². The lowest BCUT2D eigenvalue weighted by molar-refractivity contribution is 0.140. The Morgan fingerprint density at radius 1 is 1.45 bits per heavy atom. The highest BCUT2D eigenvalue weighted by molar-refractivity contribution is 9.10. The van der Waals surface area contributed by atoms with Gasteiger partial charge in [0.2, 0.25) is 0 Å². The predicted octanol–water partition coefficient (Wildman–Crippen LogP) is 2.30. The summed E-state index contributed by atoms with van der Waals surface area (Å²) in [4.78, 5) is 6.45. The standard InChI is InChI=1S/C14H19BrN4O/c1-3-13-16-14(18-17-13)8-19(2)12(9-20)10-5-4-6-11(15)7-10/h4-7,12,20H,3,8-9H2,1-2H3,(H,16,17,18). The Labute approximate surface area is 127 Å². The maximum atomic E-state index is 9.67. The molecule has 0 aliphatic rings. The van der Waals surface area contributed by atoms with E-state index in [1.165, 1.54) is 0 Å². The van der Waals surface area contributed by atoms with Gasteiger partial charge in [-0.15, -0.1) is 0 Å². The average molecular weight is 339 g/mol. The topological polar surface area (TPSA) is 65.0 Å². The van der Waals surface area contributed by atoms with Crippen molar-refractivity contribution in [1.82, 2.24) is 20.1 Å². The van der Waals surface area contributed by atoms with Crippen molar-refractivity contribution in [2.75, 3.05) is 13.7 Å². The second-order valence-corrected chi connectivity index (χ2v) is 5.64. The summed E-state index contributed by atoms with van der Waals surface area (Å²) in [6.45, 7) is 2.70. The van der Waals surface area contributed by atoms with E-state index in [1.807, 2.05) is 38.2 Å². The number of benzene rings is 1. The van der Waals surface area contributed by atoms with E-state index >= 15 is 0 Å². The largest absolute Gasteiger partial charge is 0.394 e. The van der Waals surface area contributed by atoms with Crippen LogP contribution < -0.4 is 0 Å². The van der Waals surface area contributed by atoms with Crippen LogP contribution in [0.5, 0.6) is 0 Å². The number of hydrogen-bond acceptors (Lipinski definition) is 4. The van der Waals surface area contributed by atoms with Gasteiger partial charge < -0.3 is 5.11 Å². The van der Waals surface area contributed by atoms with Crippen LogP contribution in [0.4, 0.5) is 0 Å². The van der Waals surface area contributed by atoms with E-state index < -0.39 is 0 Å². The Kier molecular flexibility index (Phi) is 5.28. The van der Waals surface area contributed by atoms with E-state index in [1.54, 1.807) is 0 Å². The normalized spacial score (nSPS) is 12.8. The number of rotatable bonds is 6. The van der Waals surface area contributed by atoms with Crippen molar-refractivity contribution in [3.63, 3.8) is 0 Å². The number of aryl methyl sites for hydroxylation is 1. The number of nitrogens with one attached hydrogen (secondary N) is 1. The molecule has 2 N–H and O–H groups in total. The highest BCUT2D eigenvalue weighted by Crippen LogP contribution is 2.23. The molecule has 0 bridgehead atoms. The van der Waals surface area contributed by atoms with Gasteiger partial charge in [0, 0.05) is 10.9 Å². The molecule has 1 unspecified atom stereocenters. The molecular formula is C14H19BrN4O. The number of aromatic amines is 1. The molecule has 6 heteroatoms. The lowest BCUT2D eigenvalue weighted by Crippen LogP contribution is -2.27. The molecule has 0 aliphatic carbocycles. The number of aliphatic hydroxyl groups is 1. The molecular weight excluding hydrogens is 320 g/mol. The van der Waals surface area contributed by atoms with Gasteiger partial charge in [-0.05, 0) is 24.7 Å². The molecule has 1 aromatic heterocycles. The van der Waals surface area contributed by atoms with Crippen molar-refractivity contribution in [3.05, 3.63) is 46.0 Å². The number of likely N-dealkylation sites (N-methyl/N-ethyl adjacent to an activating group) is 1. The minimum atomic E-state index is -0.0670. The van der Waals surface area contributed by atoms with Gasteiger partial charge in [0.15, 0.2) is 0 Å². The highest BCUT2D eigenvalue weighted by Gasteiger charge is 2.17. The third kappa shape index (κ3) is 3.65. The molecule has 0 saturated carbocycles. The Hall–Kier alpha value is -1.24. The zero-order chi connectivity index (χ0) is 14.5. The zero-order valence-electron chi connectivity index (χ0n) is 11.7. The van der Waals surface area contributed by atoms with Crippen molar-refractivity contribution in [2.24, 2.45) is 0 Å². The minimum absolute atomic E-state index is 0.0573. The minimum Gasteiger partial charge on any atom is -0.394 e. The van der Waals surface area contributed by atoms with Crippen LogP contribution in [0.25, 0.3) is 0 Å². The van der Waals surface area contributed by atoms with Crippen LogP contribution in [0.15, 0.2) is 28.7 Å². The molecule has 5 nitrogen and oxygen atoms in total. The van der Waals surface area contributed by atoms with E-state index in [2.05, 4.69) is 36.0 Å². The van der Waals surface area contributed by atoms with Crippen molar-refractivity contribution < 1.29 is 5.11 Å². The number of aromatic nitrogens is 3. The molecule has 0 amide bonds. The monoisotopic (exact) mass is 338 g/mol. The zero-order valence-corrected chi connectivity index (χ0v) is 13.3. The van der Waals surface area contributed by atoms with Crippen LogP contribution in [0.2, 0.25) is 0 Å². The van der Waals surface area contributed by atoms with Gasteiger partial charge in [0.1, 0.15) is 11.6 Å². The molecule has 0 saturated heterocycles. The van der Waals surface area contributed by atoms with Gasteiger partial charge in [0.05, 0.1) is 19.2 Å². The maximum Gasteiger partial charge on any atom is 0.150 e. The molecule has 1 aromatic carbocycles. The summed E-state index contributed by atoms with van der Waals surface area (Å²) in [7, 11) is 1.97. The first kappa shape index (κ1) is 15.2. The van der Waals surface area contributed by atoms with Gasteiger partial charge in [-0.2, -0.15) is 5.10 Å². The quantitative estimate of drug-likeness (QED) is 0.848. The van der Waals surface area contributed by atoms with E-state index in [9.17, 15) is 5.11 Å². The fourth-order valence-corrected chi connectivity index (χ4v) is 2.54. The van der Waals surface area contributed by atoms with Crippen LogP contribution in [0.3, 0.4) is 0 Å². The van der Waals surface area contributed by atoms with Gasteiger partial charge in [-0.25, -0.2) is 4.98 Å². The third-order valence-electron chi connectivity index (χ3n) is 3.23.